The molecular formula is C15H20FN7O. The highest BCUT2D eigenvalue weighted by Crippen LogP contribution is 2.22. The summed E-state index contributed by atoms with van der Waals surface area (Å²) in [5, 5.41) is 18.9. The Bertz CT molecular complexity index is 681. The average Bonchev–Trinajstić information content (AvgIpc) is 3.11. The van der Waals surface area contributed by atoms with Gasteiger partial charge in [0.1, 0.15) is 29.7 Å². The molecule has 0 aromatic heterocycles. The molecule has 8 nitrogen and oxygen atoms in total. The van der Waals surface area contributed by atoms with Crippen molar-refractivity contribution in [3.05, 3.63) is 35.9 Å². The van der Waals surface area contributed by atoms with Crippen LogP contribution in [0.5, 0.6) is 0 Å². The second kappa shape index (κ2) is 6.34. The first-order chi connectivity index (χ1) is 11.4. The van der Waals surface area contributed by atoms with E-state index in [9.17, 15) is 9.18 Å². The number of halogens is 1. The maximum Gasteiger partial charge on any atom is 0.276 e. The fourth-order valence-corrected chi connectivity index (χ4v) is 2.75. The van der Waals surface area contributed by atoms with Crippen LogP contribution in [-0.2, 0) is 4.79 Å². The summed E-state index contributed by atoms with van der Waals surface area (Å²) in [7, 11) is 0. The zero-order valence-corrected chi connectivity index (χ0v) is 13.3. The Morgan fingerprint density at radius 1 is 1.62 bits per heavy atom. The van der Waals surface area contributed by atoms with Gasteiger partial charge in [0.05, 0.1) is 6.54 Å². The first-order valence-corrected chi connectivity index (χ1v) is 7.69. The molecule has 24 heavy (non-hydrogen) atoms. The van der Waals surface area contributed by atoms with E-state index in [0.717, 1.165) is 0 Å². The molecule has 0 bridgehead atoms. The van der Waals surface area contributed by atoms with Crippen LogP contribution >= 0.6 is 0 Å². The Kier molecular flexibility index (Phi) is 4.24. The fourth-order valence-electron chi connectivity index (χ4n) is 2.75. The number of hydrogen-bond donors (Lipinski definition) is 4. The monoisotopic (exact) mass is 333 g/mol. The molecule has 9 heteroatoms. The van der Waals surface area contributed by atoms with Crippen molar-refractivity contribution in [2.75, 3.05) is 13.1 Å². The summed E-state index contributed by atoms with van der Waals surface area (Å²) in [6, 6.07) is 0. The zero-order chi connectivity index (χ0) is 17.3. The van der Waals surface area contributed by atoms with Crippen LogP contribution in [0.4, 0.5) is 4.39 Å². The number of amides is 1. The molecule has 0 aromatic rings. The minimum atomic E-state index is -0.844. The highest BCUT2D eigenvalue weighted by molar-refractivity contribution is 5.98. The van der Waals surface area contributed by atoms with Crippen LogP contribution in [0.1, 0.15) is 13.3 Å². The molecular weight excluding hydrogens is 313 g/mol. The van der Waals surface area contributed by atoms with Gasteiger partial charge in [0, 0.05) is 18.5 Å². The third-order valence-corrected chi connectivity index (χ3v) is 3.86. The van der Waals surface area contributed by atoms with E-state index in [0.29, 0.717) is 31.0 Å². The lowest BCUT2D eigenvalue weighted by Gasteiger charge is -2.28. The van der Waals surface area contributed by atoms with Gasteiger partial charge in [-0.3, -0.25) is 4.79 Å². The van der Waals surface area contributed by atoms with Gasteiger partial charge in [-0.05, 0) is 31.6 Å². The minimum Gasteiger partial charge on any atom is -0.385 e. The van der Waals surface area contributed by atoms with Crippen LogP contribution in [-0.4, -0.2) is 52.8 Å². The Morgan fingerprint density at radius 3 is 3.08 bits per heavy atom. The molecule has 3 rings (SSSR count). The zero-order valence-electron chi connectivity index (χ0n) is 13.3. The number of amidine groups is 1. The molecule has 0 radical (unpaired) electrons. The number of rotatable bonds is 3. The quantitative estimate of drug-likeness (QED) is 0.541. The molecule has 3 aliphatic rings. The highest BCUT2D eigenvalue weighted by Gasteiger charge is 2.33. The molecule has 0 aliphatic carbocycles. The van der Waals surface area contributed by atoms with E-state index >= 15 is 0 Å². The number of fused-ring (bicyclic) bond motifs is 1. The Labute approximate surface area is 139 Å². The number of nitrogens with two attached hydrogens (primary N) is 1. The van der Waals surface area contributed by atoms with E-state index in [1.807, 2.05) is 17.1 Å². The average molecular weight is 333 g/mol. The predicted molar refractivity (Wildman–Crippen MR) is 88.3 cm³/mol. The number of nitrogens with zero attached hydrogens (tertiary/aromatic N) is 3. The van der Waals surface area contributed by atoms with Crippen molar-refractivity contribution in [3.63, 3.8) is 0 Å². The predicted octanol–water partition coefficient (Wildman–Crippen LogP) is -0.0578. The summed E-state index contributed by atoms with van der Waals surface area (Å²) in [6.07, 6.45) is 6.00. The topological polar surface area (TPSA) is 110 Å². The molecule has 3 heterocycles. The number of likely N-dealkylation sites (tertiary alicyclic amines) is 1. The standard InChI is InChI=1S/C15H20FN7O/c1-9(17)6-12(18)20-15(24)11-7-19-13-2-3-14(21-23(11)13)22-5-4-10(16)8-22/h2-3,6-7,10,13,17,19H,4-5,8,18H2,1H3,(H,20,24)/b12-6+,17-9?/t10-,13?/m0/s1. The van der Waals surface area contributed by atoms with Gasteiger partial charge in [-0.2, -0.15) is 5.10 Å². The maximum absolute atomic E-state index is 13.4. The van der Waals surface area contributed by atoms with Gasteiger partial charge < -0.3 is 26.7 Å². The molecule has 1 fully saturated rings. The summed E-state index contributed by atoms with van der Waals surface area (Å²) in [6.45, 7) is 2.48. The van der Waals surface area contributed by atoms with Crippen LogP contribution in [0.15, 0.2) is 41.0 Å². The number of allylic oxidation sites excluding steroid dienone is 1. The smallest absolute Gasteiger partial charge is 0.276 e. The normalized spacial score (nSPS) is 25.8. The first-order valence-electron chi connectivity index (χ1n) is 7.69. The van der Waals surface area contributed by atoms with Crippen molar-refractivity contribution in [2.45, 2.75) is 25.7 Å². The molecule has 2 atom stereocenters. The Morgan fingerprint density at radius 2 is 2.42 bits per heavy atom. The van der Waals surface area contributed by atoms with E-state index in [-0.39, 0.29) is 17.7 Å². The Balaban J connectivity index is 1.72. The van der Waals surface area contributed by atoms with Crippen LogP contribution in [0.3, 0.4) is 0 Å². The van der Waals surface area contributed by atoms with E-state index in [4.69, 9.17) is 11.1 Å². The number of carbonyl (C=O) groups is 1. The Hall–Kier alpha value is -2.84. The van der Waals surface area contributed by atoms with Crippen molar-refractivity contribution < 1.29 is 9.18 Å². The van der Waals surface area contributed by atoms with E-state index < -0.39 is 12.1 Å². The second-order valence-electron chi connectivity index (χ2n) is 5.87. The van der Waals surface area contributed by atoms with Gasteiger partial charge in [-0.25, -0.2) is 9.40 Å². The molecule has 5 N–H and O–H groups in total. The molecule has 1 amide bonds. The lowest BCUT2D eigenvalue weighted by molar-refractivity contribution is -0.118. The van der Waals surface area contributed by atoms with E-state index in [1.54, 1.807) is 18.1 Å². The number of alkyl halides is 1. The van der Waals surface area contributed by atoms with E-state index in [2.05, 4.69) is 15.7 Å². The minimum absolute atomic E-state index is 0.0911. The van der Waals surface area contributed by atoms with E-state index in [1.165, 1.54) is 6.08 Å². The summed E-state index contributed by atoms with van der Waals surface area (Å²) in [5.74, 6) is 0.296. The van der Waals surface area contributed by atoms with Crippen LogP contribution in [0.25, 0.3) is 0 Å². The molecule has 0 saturated carbocycles. The van der Waals surface area contributed by atoms with Crippen molar-refractivity contribution in [1.82, 2.24) is 20.5 Å². The van der Waals surface area contributed by atoms with Gasteiger partial charge in [0.25, 0.3) is 5.91 Å². The van der Waals surface area contributed by atoms with Crippen molar-refractivity contribution in [2.24, 2.45) is 10.8 Å². The van der Waals surface area contributed by atoms with Crippen molar-refractivity contribution in [3.8, 4) is 0 Å². The molecule has 0 spiro atoms. The van der Waals surface area contributed by atoms with Gasteiger partial charge in [-0.1, -0.05) is 0 Å². The first kappa shape index (κ1) is 16.0. The summed E-state index contributed by atoms with van der Waals surface area (Å²) < 4.78 is 13.4. The largest absolute Gasteiger partial charge is 0.385 e. The molecule has 1 unspecified atom stereocenters. The lowest BCUT2D eigenvalue weighted by Crippen LogP contribution is -2.42. The molecule has 128 valence electrons. The van der Waals surface area contributed by atoms with Gasteiger partial charge in [0.2, 0.25) is 0 Å². The molecule has 0 aromatic carbocycles. The molecule has 3 aliphatic heterocycles. The summed E-state index contributed by atoms with van der Waals surface area (Å²) >= 11 is 0. The summed E-state index contributed by atoms with van der Waals surface area (Å²) in [4.78, 5) is 14.2. The van der Waals surface area contributed by atoms with Crippen molar-refractivity contribution in [1.29, 1.82) is 5.41 Å². The van der Waals surface area contributed by atoms with Crippen LogP contribution in [0.2, 0.25) is 0 Å². The second-order valence-corrected chi connectivity index (χ2v) is 5.87. The molecule has 1 saturated heterocycles. The highest BCUT2D eigenvalue weighted by atomic mass is 19.1. The SMILES string of the molecule is CC(=N)/C=C(\N)NC(=O)C1=CNC2C=CC(N3CC[C@H](F)C3)=NN12. The third kappa shape index (κ3) is 3.24. The summed E-state index contributed by atoms with van der Waals surface area (Å²) in [5.41, 5.74) is 6.21. The van der Waals surface area contributed by atoms with Gasteiger partial charge >= 0.3 is 0 Å². The lowest BCUT2D eigenvalue weighted by atomic mass is 10.3. The number of hydrogen-bond acceptors (Lipinski definition) is 7. The van der Waals surface area contributed by atoms with Gasteiger partial charge in [0.15, 0.2) is 0 Å². The maximum atomic E-state index is 13.4. The number of carbonyl (C=O) groups excluding carboxylic acids is 1. The van der Waals surface area contributed by atoms with Crippen molar-refractivity contribution >= 4 is 17.5 Å². The van der Waals surface area contributed by atoms with Crippen LogP contribution in [0, 0.1) is 5.41 Å². The van der Waals surface area contributed by atoms with Gasteiger partial charge in [-0.15, -0.1) is 0 Å². The fraction of sp³-hybridized carbons (Fsp3) is 0.400. The number of nitrogens with one attached hydrogen (secondary N) is 3. The van der Waals surface area contributed by atoms with Crippen LogP contribution < -0.4 is 16.4 Å². The third-order valence-electron chi connectivity index (χ3n) is 3.86. The number of hydrazone groups is 1.